The van der Waals surface area contributed by atoms with Crippen LogP contribution in [0.4, 0.5) is 5.13 Å². The largest absolute Gasteiger partial charge is 0.451 e. The van der Waals surface area contributed by atoms with Crippen LogP contribution in [0, 0.1) is 6.92 Å². The molecule has 1 aromatic carbocycles. The Morgan fingerprint density at radius 3 is 2.72 bits per heavy atom. The zero-order valence-corrected chi connectivity index (χ0v) is 14.1. The van der Waals surface area contributed by atoms with Gasteiger partial charge in [0.05, 0.1) is 11.9 Å². The van der Waals surface area contributed by atoms with Gasteiger partial charge in [-0.05, 0) is 6.92 Å². The van der Waals surface area contributed by atoms with Crippen LogP contribution in [0.25, 0.3) is 11.3 Å². The van der Waals surface area contributed by atoms with Gasteiger partial charge < -0.3 is 4.74 Å². The van der Waals surface area contributed by atoms with Gasteiger partial charge in [-0.1, -0.05) is 30.3 Å². The summed E-state index contributed by atoms with van der Waals surface area (Å²) >= 11 is 1.36. The van der Waals surface area contributed by atoms with E-state index in [0.29, 0.717) is 5.13 Å². The Morgan fingerprint density at radius 2 is 2.00 bits per heavy atom. The van der Waals surface area contributed by atoms with Crippen LogP contribution in [0.3, 0.4) is 0 Å². The van der Waals surface area contributed by atoms with Crippen molar-refractivity contribution < 1.29 is 14.3 Å². The number of carbonyl (C=O) groups is 2. The Labute approximate surface area is 147 Å². The Balaban J connectivity index is 1.59. The molecule has 3 aromatic rings. The van der Waals surface area contributed by atoms with Gasteiger partial charge >= 0.3 is 5.97 Å². The third-order valence-corrected chi connectivity index (χ3v) is 4.08. The summed E-state index contributed by atoms with van der Waals surface area (Å²) in [5.41, 5.74) is 1.84. The van der Waals surface area contributed by atoms with Crippen molar-refractivity contribution in [3.8, 4) is 11.3 Å². The van der Waals surface area contributed by atoms with Gasteiger partial charge in [0.1, 0.15) is 0 Å². The smallest absolute Gasteiger partial charge is 0.359 e. The van der Waals surface area contributed by atoms with E-state index in [1.54, 1.807) is 0 Å². The number of thiazole rings is 1. The summed E-state index contributed by atoms with van der Waals surface area (Å²) in [7, 11) is 0. The van der Waals surface area contributed by atoms with E-state index in [-0.39, 0.29) is 5.69 Å². The average molecular weight is 354 g/mol. The first-order chi connectivity index (χ1) is 12.1. The van der Waals surface area contributed by atoms with Crippen molar-refractivity contribution in [3.63, 3.8) is 0 Å². The number of ether oxygens (including phenoxy) is 1. The van der Waals surface area contributed by atoms with E-state index >= 15 is 0 Å². The first-order valence-electron chi connectivity index (χ1n) is 7.39. The van der Waals surface area contributed by atoms with Gasteiger partial charge in [0, 0.05) is 22.8 Å². The molecule has 0 aliphatic heterocycles. The SMILES string of the molecule is Cc1sc(NC(=O)COC(=O)c2cnccn2)nc1-c1ccccc1. The molecule has 0 atom stereocenters. The summed E-state index contributed by atoms with van der Waals surface area (Å²) < 4.78 is 4.91. The van der Waals surface area contributed by atoms with E-state index in [0.717, 1.165) is 16.1 Å². The molecule has 2 aromatic heterocycles. The Bertz CT molecular complexity index is 881. The second-order valence-corrected chi connectivity index (χ2v) is 6.21. The van der Waals surface area contributed by atoms with Crippen molar-refractivity contribution in [1.29, 1.82) is 0 Å². The quantitative estimate of drug-likeness (QED) is 0.708. The van der Waals surface area contributed by atoms with Crippen molar-refractivity contribution in [1.82, 2.24) is 15.0 Å². The van der Waals surface area contributed by atoms with Crippen molar-refractivity contribution >= 4 is 28.3 Å². The molecule has 0 saturated heterocycles. The molecule has 0 bridgehead atoms. The van der Waals surface area contributed by atoms with Gasteiger partial charge in [-0.15, -0.1) is 11.3 Å². The number of aryl methyl sites for hydroxylation is 1. The Hall–Kier alpha value is -3.13. The predicted octanol–water partition coefficient (Wildman–Crippen LogP) is 2.70. The third kappa shape index (κ3) is 4.24. The first kappa shape index (κ1) is 16.7. The number of hydrogen-bond donors (Lipinski definition) is 1. The molecule has 126 valence electrons. The third-order valence-electron chi connectivity index (χ3n) is 3.20. The van der Waals surface area contributed by atoms with Crippen molar-refractivity contribution in [2.75, 3.05) is 11.9 Å². The molecule has 0 saturated carbocycles. The van der Waals surface area contributed by atoms with Crippen LogP contribution in [-0.2, 0) is 9.53 Å². The maximum atomic E-state index is 11.9. The van der Waals surface area contributed by atoms with Crippen LogP contribution in [-0.4, -0.2) is 33.4 Å². The van der Waals surface area contributed by atoms with Crippen LogP contribution >= 0.6 is 11.3 Å². The molecule has 0 unspecified atom stereocenters. The molecule has 3 rings (SSSR count). The summed E-state index contributed by atoms with van der Waals surface area (Å²) in [5.74, 6) is -1.17. The molecule has 2 heterocycles. The molecule has 0 spiro atoms. The lowest BCUT2D eigenvalue weighted by Gasteiger charge is -2.03. The van der Waals surface area contributed by atoms with E-state index < -0.39 is 18.5 Å². The van der Waals surface area contributed by atoms with Crippen LogP contribution in [0.5, 0.6) is 0 Å². The van der Waals surface area contributed by atoms with E-state index in [9.17, 15) is 9.59 Å². The Kier molecular flexibility index (Phi) is 5.10. The topological polar surface area (TPSA) is 94.1 Å². The van der Waals surface area contributed by atoms with E-state index in [1.807, 2.05) is 37.3 Å². The summed E-state index contributed by atoms with van der Waals surface area (Å²) in [6.07, 6.45) is 4.09. The summed E-state index contributed by atoms with van der Waals surface area (Å²) in [5, 5.41) is 3.09. The lowest BCUT2D eigenvalue weighted by molar-refractivity contribution is -0.119. The van der Waals surface area contributed by atoms with Crippen LogP contribution < -0.4 is 5.32 Å². The molecular weight excluding hydrogens is 340 g/mol. The number of aromatic nitrogens is 3. The number of esters is 1. The van der Waals surface area contributed by atoms with E-state index in [2.05, 4.69) is 20.3 Å². The lowest BCUT2D eigenvalue weighted by Crippen LogP contribution is -2.21. The van der Waals surface area contributed by atoms with E-state index in [1.165, 1.54) is 29.9 Å². The zero-order chi connectivity index (χ0) is 17.6. The van der Waals surface area contributed by atoms with Crippen molar-refractivity contribution in [2.24, 2.45) is 0 Å². The maximum Gasteiger partial charge on any atom is 0.359 e. The lowest BCUT2D eigenvalue weighted by atomic mass is 10.1. The molecule has 7 nitrogen and oxygen atoms in total. The fourth-order valence-corrected chi connectivity index (χ4v) is 2.93. The molecule has 0 radical (unpaired) electrons. The number of nitrogens with one attached hydrogen (secondary N) is 1. The maximum absolute atomic E-state index is 11.9. The second-order valence-electron chi connectivity index (χ2n) is 5.00. The fourth-order valence-electron chi connectivity index (χ4n) is 2.08. The van der Waals surface area contributed by atoms with Gasteiger partial charge in [0.25, 0.3) is 5.91 Å². The van der Waals surface area contributed by atoms with Crippen LogP contribution in [0.1, 0.15) is 15.4 Å². The highest BCUT2D eigenvalue weighted by atomic mass is 32.1. The van der Waals surface area contributed by atoms with Gasteiger partial charge in [-0.25, -0.2) is 14.8 Å². The normalized spacial score (nSPS) is 10.3. The Morgan fingerprint density at radius 1 is 1.20 bits per heavy atom. The molecule has 0 fully saturated rings. The first-order valence-corrected chi connectivity index (χ1v) is 8.21. The molecule has 0 aliphatic rings. The average Bonchev–Trinajstić information content (AvgIpc) is 3.01. The fraction of sp³-hybridized carbons (Fsp3) is 0.118. The predicted molar refractivity (Wildman–Crippen MR) is 93.2 cm³/mol. The van der Waals surface area contributed by atoms with Crippen LogP contribution in [0.2, 0.25) is 0 Å². The van der Waals surface area contributed by atoms with Crippen molar-refractivity contribution in [3.05, 3.63) is 59.5 Å². The van der Waals surface area contributed by atoms with E-state index in [4.69, 9.17) is 4.74 Å². The summed E-state index contributed by atoms with van der Waals surface area (Å²) in [6, 6.07) is 9.70. The number of hydrogen-bond acceptors (Lipinski definition) is 7. The number of benzene rings is 1. The highest BCUT2D eigenvalue weighted by Crippen LogP contribution is 2.30. The molecule has 1 amide bonds. The number of rotatable bonds is 5. The monoisotopic (exact) mass is 354 g/mol. The highest BCUT2D eigenvalue weighted by molar-refractivity contribution is 7.16. The minimum absolute atomic E-state index is 0.0479. The molecule has 1 N–H and O–H groups in total. The second kappa shape index (κ2) is 7.63. The standard InChI is InChI=1S/C17H14N4O3S/c1-11-15(12-5-3-2-4-6-12)21-17(25-11)20-14(22)10-24-16(23)13-9-18-7-8-19-13/h2-9H,10H2,1H3,(H,20,21,22). The number of amides is 1. The zero-order valence-electron chi connectivity index (χ0n) is 13.3. The molecule has 8 heteroatoms. The van der Waals surface area contributed by atoms with Gasteiger partial charge in [0.2, 0.25) is 0 Å². The summed E-state index contributed by atoms with van der Waals surface area (Å²) in [4.78, 5) is 36.7. The van der Waals surface area contributed by atoms with Gasteiger partial charge in [-0.2, -0.15) is 0 Å². The molecule has 0 aliphatic carbocycles. The number of anilines is 1. The summed E-state index contributed by atoms with van der Waals surface area (Å²) in [6.45, 7) is 1.51. The molecular formula is C17H14N4O3S. The minimum atomic E-state index is -0.705. The number of carbonyl (C=O) groups excluding carboxylic acids is 2. The van der Waals surface area contributed by atoms with Crippen LogP contribution in [0.15, 0.2) is 48.9 Å². The van der Waals surface area contributed by atoms with Gasteiger partial charge in [0.15, 0.2) is 17.4 Å². The highest BCUT2D eigenvalue weighted by Gasteiger charge is 2.14. The van der Waals surface area contributed by atoms with Crippen molar-refractivity contribution in [2.45, 2.75) is 6.92 Å². The molecule has 25 heavy (non-hydrogen) atoms. The number of nitrogens with zero attached hydrogens (tertiary/aromatic N) is 3. The minimum Gasteiger partial charge on any atom is -0.451 e. The van der Waals surface area contributed by atoms with Gasteiger partial charge in [-0.3, -0.25) is 15.1 Å².